The van der Waals surface area contributed by atoms with Gasteiger partial charge < -0.3 is 10.1 Å². The lowest BCUT2D eigenvalue weighted by Gasteiger charge is -2.12. The van der Waals surface area contributed by atoms with Crippen molar-refractivity contribution >= 4 is 11.6 Å². The van der Waals surface area contributed by atoms with Crippen molar-refractivity contribution in [1.82, 2.24) is 4.98 Å². The van der Waals surface area contributed by atoms with Crippen LogP contribution in [0.25, 0.3) is 11.1 Å². The van der Waals surface area contributed by atoms with Gasteiger partial charge >= 0.3 is 0 Å². The Kier molecular flexibility index (Phi) is 4.65. The number of hydrogen-bond donors (Lipinski definition) is 1. The lowest BCUT2D eigenvalue weighted by molar-refractivity contribution is 0.102. The minimum Gasteiger partial charge on any atom is -0.477 e. The maximum Gasteiger partial charge on any atom is 0.255 e. The van der Waals surface area contributed by atoms with Crippen LogP contribution >= 0.6 is 0 Å². The van der Waals surface area contributed by atoms with Gasteiger partial charge in [-0.15, -0.1) is 0 Å². The van der Waals surface area contributed by atoms with Gasteiger partial charge in [-0.2, -0.15) is 0 Å². The summed E-state index contributed by atoms with van der Waals surface area (Å²) in [6, 6.07) is 21.2. The summed E-state index contributed by atoms with van der Waals surface area (Å²) in [5.41, 5.74) is 3.36. The molecule has 1 amide bonds. The maximum absolute atomic E-state index is 12.7. The van der Waals surface area contributed by atoms with Gasteiger partial charge in [0.25, 0.3) is 5.91 Å². The Morgan fingerprint density at radius 2 is 1.81 bits per heavy atom. The Hall–Kier alpha value is -3.14. The van der Waals surface area contributed by atoms with Crippen molar-refractivity contribution in [2.45, 2.75) is 12.8 Å². The number of benzene rings is 2. The number of ether oxygens (including phenoxy) is 1. The average Bonchev–Trinajstić information content (AvgIpc) is 3.52. The molecule has 3 aromatic rings. The molecule has 0 unspecified atom stereocenters. The van der Waals surface area contributed by atoms with Crippen LogP contribution in [0.4, 0.5) is 5.69 Å². The first-order valence-corrected chi connectivity index (χ1v) is 8.84. The third-order valence-corrected chi connectivity index (χ3v) is 4.42. The zero-order valence-electron chi connectivity index (χ0n) is 14.4. The second-order valence-corrected chi connectivity index (χ2v) is 6.50. The standard InChI is InChI=1S/C22H20N2O2/c25-22(18-12-13-23-21(14-18)26-15-16-10-11-16)24-20-9-5-4-8-19(20)17-6-2-1-3-7-17/h1-9,12-14,16H,10-11,15H2,(H,24,25). The second kappa shape index (κ2) is 7.40. The predicted molar refractivity (Wildman–Crippen MR) is 102 cm³/mol. The molecule has 0 bridgehead atoms. The fourth-order valence-electron chi connectivity index (χ4n) is 2.77. The molecule has 2 aromatic carbocycles. The van der Waals surface area contributed by atoms with Crippen LogP contribution < -0.4 is 10.1 Å². The molecule has 1 aromatic heterocycles. The molecule has 0 aliphatic heterocycles. The van der Waals surface area contributed by atoms with Crippen LogP contribution in [-0.2, 0) is 0 Å². The SMILES string of the molecule is O=C(Nc1ccccc1-c1ccccc1)c1ccnc(OCC2CC2)c1. The third-order valence-electron chi connectivity index (χ3n) is 4.42. The highest BCUT2D eigenvalue weighted by molar-refractivity contribution is 6.06. The third kappa shape index (κ3) is 3.91. The van der Waals surface area contributed by atoms with Crippen molar-refractivity contribution < 1.29 is 9.53 Å². The molecule has 0 radical (unpaired) electrons. The molecule has 1 N–H and O–H groups in total. The van der Waals surface area contributed by atoms with Crippen LogP contribution in [0.15, 0.2) is 72.9 Å². The lowest BCUT2D eigenvalue weighted by atomic mass is 10.0. The van der Waals surface area contributed by atoms with Gasteiger partial charge in [0, 0.05) is 29.1 Å². The maximum atomic E-state index is 12.7. The van der Waals surface area contributed by atoms with Crippen LogP contribution in [0.1, 0.15) is 23.2 Å². The quantitative estimate of drug-likeness (QED) is 0.699. The predicted octanol–water partition coefficient (Wildman–Crippen LogP) is 4.79. The molecule has 26 heavy (non-hydrogen) atoms. The molecule has 1 fully saturated rings. The van der Waals surface area contributed by atoms with Gasteiger partial charge in [-0.3, -0.25) is 4.79 Å². The van der Waals surface area contributed by atoms with Crippen LogP contribution in [-0.4, -0.2) is 17.5 Å². The smallest absolute Gasteiger partial charge is 0.255 e. The molecule has 0 atom stereocenters. The van der Waals surface area contributed by atoms with E-state index in [4.69, 9.17) is 4.74 Å². The summed E-state index contributed by atoms with van der Waals surface area (Å²) in [5, 5.41) is 3.01. The average molecular weight is 344 g/mol. The Labute approximate surface area is 152 Å². The summed E-state index contributed by atoms with van der Waals surface area (Å²) < 4.78 is 5.67. The zero-order valence-corrected chi connectivity index (χ0v) is 14.4. The van der Waals surface area contributed by atoms with Gasteiger partial charge in [0.05, 0.1) is 6.61 Å². The normalized spacial score (nSPS) is 13.2. The van der Waals surface area contributed by atoms with E-state index in [0.29, 0.717) is 24.0 Å². The summed E-state index contributed by atoms with van der Waals surface area (Å²) in [7, 11) is 0. The molecule has 1 heterocycles. The summed E-state index contributed by atoms with van der Waals surface area (Å²) in [4.78, 5) is 16.9. The molecule has 4 nitrogen and oxygen atoms in total. The Morgan fingerprint density at radius 1 is 1.04 bits per heavy atom. The molecule has 1 aliphatic carbocycles. The van der Waals surface area contributed by atoms with Crippen molar-refractivity contribution in [2.24, 2.45) is 5.92 Å². The molecule has 1 saturated carbocycles. The molecule has 1 aliphatic rings. The number of nitrogens with one attached hydrogen (secondary N) is 1. The number of rotatable bonds is 6. The number of pyridine rings is 1. The number of anilines is 1. The molecule has 4 rings (SSSR count). The summed E-state index contributed by atoms with van der Waals surface area (Å²) in [6.07, 6.45) is 4.05. The van der Waals surface area contributed by atoms with Crippen LogP contribution in [0, 0.1) is 5.92 Å². The first-order chi connectivity index (χ1) is 12.8. The van der Waals surface area contributed by atoms with E-state index in [9.17, 15) is 4.79 Å². The Bertz CT molecular complexity index is 905. The minimum absolute atomic E-state index is 0.174. The molecular weight excluding hydrogens is 324 g/mol. The van der Waals surface area contributed by atoms with E-state index >= 15 is 0 Å². The fourth-order valence-corrected chi connectivity index (χ4v) is 2.77. The van der Waals surface area contributed by atoms with Crippen molar-refractivity contribution in [1.29, 1.82) is 0 Å². The van der Waals surface area contributed by atoms with E-state index in [0.717, 1.165) is 16.8 Å². The largest absolute Gasteiger partial charge is 0.477 e. The molecule has 130 valence electrons. The highest BCUT2D eigenvalue weighted by atomic mass is 16.5. The number of hydrogen-bond acceptors (Lipinski definition) is 3. The number of carbonyl (C=O) groups excluding carboxylic acids is 1. The van der Waals surface area contributed by atoms with E-state index in [-0.39, 0.29) is 5.91 Å². The highest BCUT2D eigenvalue weighted by Gasteiger charge is 2.22. The number of nitrogens with zero attached hydrogens (tertiary/aromatic N) is 1. The molecular formula is C22H20N2O2. The highest BCUT2D eigenvalue weighted by Crippen LogP contribution is 2.30. The van der Waals surface area contributed by atoms with Crippen LogP contribution in [0.2, 0.25) is 0 Å². The molecule has 4 heteroatoms. The van der Waals surface area contributed by atoms with Crippen molar-refractivity contribution in [3.63, 3.8) is 0 Å². The van der Waals surface area contributed by atoms with Crippen molar-refractivity contribution in [3.05, 3.63) is 78.5 Å². The Balaban J connectivity index is 1.52. The van der Waals surface area contributed by atoms with Crippen LogP contribution in [0.3, 0.4) is 0 Å². The van der Waals surface area contributed by atoms with E-state index in [1.165, 1.54) is 12.8 Å². The van der Waals surface area contributed by atoms with Crippen molar-refractivity contribution in [2.75, 3.05) is 11.9 Å². The summed E-state index contributed by atoms with van der Waals surface area (Å²) in [6.45, 7) is 0.676. The Morgan fingerprint density at radius 3 is 2.62 bits per heavy atom. The fraction of sp³-hybridized carbons (Fsp3) is 0.182. The van der Waals surface area contributed by atoms with E-state index in [1.54, 1.807) is 18.3 Å². The first kappa shape index (κ1) is 16.3. The van der Waals surface area contributed by atoms with Gasteiger partial charge in [-0.25, -0.2) is 4.98 Å². The first-order valence-electron chi connectivity index (χ1n) is 8.84. The van der Waals surface area contributed by atoms with E-state index < -0.39 is 0 Å². The number of aromatic nitrogens is 1. The van der Waals surface area contributed by atoms with Gasteiger partial charge in [0.1, 0.15) is 0 Å². The number of amides is 1. The summed E-state index contributed by atoms with van der Waals surface area (Å²) >= 11 is 0. The van der Waals surface area contributed by atoms with Gasteiger partial charge in [-0.05, 0) is 36.5 Å². The van der Waals surface area contributed by atoms with Gasteiger partial charge in [-0.1, -0.05) is 48.5 Å². The molecule has 0 spiro atoms. The lowest BCUT2D eigenvalue weighted by Crippen LogP contribution is -2.13. The zero-order chi connectivity index (χ0) is 17.8. The monoisotopic (exact) mass is 344 g/mol. The van der Waals surface area contributed by atoms with Crippen LogP contribution in [0.5, 0.6) is 5.88 Å². The van der Waals surface area contributed by atoms with E-state index in [1.807, 2.05) is 54.6 Å². The van der Waals surface area contributed by atoms with E-state index in [2.05, 4.69) is 10.3 Å². The molecule has 0 saturated heterocycles. The minimum atomic E-state index is -0.174. The van der Waals surface area contributed by atoms with Gasteiger partial charge in [0.15, 0.2) is 0 Å². The van der Waals surface area contributed by atoms with Crippen molar-refractivity contribution in [3.8, 4) is 17.0 Å². The topological polar surface area (TPSA) is 51.2 Å². The summed E-state index contributed by atoms with van der Waals surface area (Å²) in [5.74, 6) is 0.972. The second-order valence-electron chi connectivity index (χ2n) is 6.50. The van der Waals surface area contributed by atoms with Gasteiger partial charge in [0.2, 0.25) is 5.88 Å². The number of para-hydroxylation sites is 1. The number of carbonyl (C=O) groups is 1.